The van der Waals surface area contributed by atoms with Crippen molar-refractivity contribution in [2.45, 2.75) is 68.7 Å². The quantitative estimate of drug-likeness (QED) is 0.288. The third-order valence-corrected chi connectivity index (χ3v) is 9.94. The first-order valence-electron chi connectivity index (χ1n) is 14.5. The second kappa shape index (κ2) is 11.1. The number of aromatic nitrogens is 1. The van der Waals surface area contributed by atoms with E-state index in [4.69, 9.17) is 16.3 Å². The summed E-state index contributed by atoms with van der Waals surface area (Å²) in [6, 6.07) is 17.9. The lowest BCUT2D eigenvalue weighted by molar-refractivity contribution is -0.144. The molecule has 6 nitrogen and oxygen atoms in total. The molecule has 1 fully saturated rings. The van der Waals surface area contributed by atoms with Gasteiger partial charge >= 0.3 is 5.97 Å². The Morgan fingerprint density at radius 3 is 2.70 bits per heavy atom. The van der Waals surface area contributed by atoms with E-state index in [-0.39, 0.29) is 17.9 Å². The Hall–Kier alpha value is -3.09. The normalized spacial score (nSPS) is 25.8. The van der Waals surface area contributed by atoms with Gasteiger partial charge in [-0.3, -0.25) is 4.98 Å². The number of aliphatic carboxylic acids is 1. The molecule has 2 atom stereocenters. The number of aliphatic hydroxyl groups is 1. The first-order valence-corrected chi connectivity index (χ1v) is 14.9. The summed E-state index contributed by atoms with van der Waals surface area (Å²) in [4.78, 5) is 17.2. The van der Waals surface area contributed by atoms with Crippen molar-refractivity contribution in [1.82, 2.24) is 4.98 Å². The van der Waals surface area contributed by atoms with Crippen LogP contribution in [0, 0.1) is 11.8 Å². The van der Waals surface area contributed by atoms with Crippen molar-refractivity contribution < 1.29 is 19.7 Å². The molecule has 1 aromatic heterocycles. The highest BCUT2D eigenvalue weighted by Gasteiger charge is 2.54. The predicted octanol–water partition coefficient (Wildman–Crippen LogP) is 6.22. The molecule has 1 heterocycles. The third kappa shape index (κ3) is 4.97. The van der Waals surface area contributed by atoms with Gasteiger partial charge in [0.1, 0.15) is 11.3 Å². The fourth-order valence-corrected chi connectivity index (χ4v) is 7.77. The van der Waals surface area contributed by atoms with Gasteiger partial charge in [-0.15, -0.1) is 0 Å². The summed E-state index contributed by atoms with van der Waals surface area (Å²) in [5, 5.41) is 24.7. The Bertz CT molecular complexity index is 1380. The Morgan fingerprint density at radius 2 is 1.93 bits per heavy atom. The van der Waals surface area contributed by atoms with Crippen LogP contribution in [0.5, 0.6) is 5.75 Å². The van der Waals surface area contributed by atoms with Crippen molar-refractivity contribution in [3.05, 3.63) is 88.2 Å². The van der Waals surface area contributed by atoms with Crippen molar-refractivity contribution in [3.63, 3.8) is 0 Å². The van der Waals surface area contributed by atoms with E-state index in [9.17, 15) is 15.0 Å². The third-order valence-electron chi connectivity index (χ3n) is 9.71. The van der Waals surface area contributed by atoms with Crippen LogP contribution >= 0.6 is 11.6 Å². The fraction of sp³-hybridized carbons (Fsp3) is 0.455. The van der Waals surface area contributed by atoms with Gasteiger partial charge in [-0.05, 0) is 105 Å². The SMILES string of the molecule is O=C(O)C1(Nc2cccc(Cl)c2)CCC2(CC1)c1ccccc1C[C@H]2CC(CO)COc1ccnc2c1CCC2. The van der Waals surface area contributed by atoms with Gasteiger partial charge in [0.2, 0.25) is 0 Å². The number of nitrogens with one attached hydrogen (secondary N) is 1. The van der Waals surface area contributed by atoms with Gasteiger partial charge in [0, 0.05) is 40.7 Å². The summed E-state index contributed by atoms with van der Waals surface area (Å²) in [6.45, 7) is 0.525. The van der Waals surface area contributed by atoms with Gasteiger partial charge in [0.05, 0.1) is 6.61 Å². The van der Waals surface area contributed by atoms with E-state index in [1.807, 2.05) is 24.4 Å². The number of ether oxygens (including phenoxy) is 1. The molecule has 6 rings (SSSR count). The van der Waals surface area contributed by atoms with Gasteiger partial charge < -0.3 is 20.3 Å². The molecule has 1 spiro atoms. The van der Waals surface area contributed by atoms with E-state index in [2.05, 4.69) is 34.6 Å². The van der Waals surface area contributed by atoms with E-state index in [1.165, 1.54) is 16.7 Å². The lowest BCUT2D eigenvalue weighted by Gasteiger charge is -2.47. The van der Waals surface area contributed by atoms with Gasteiger partial charge in [0.15, 0.2) is 0 Å². The number of hydrogen-bond donors (Lipinski definition) is 3. The van der Waals surface area contributed by atoms with Crippen LogP contribution in [0.15, 0.2) is 60.8 Å². The Kier molecular flexibility index (Phi) is 7.49. The van der Waals surface area contributed by atoms with E-state index in [0.29, 0.717) is 30.4 Å². The molecule has 0 saturated heterocycles. The molecule has 40 heavy (non-hydrogen) atoms. The van der Waals surface area contributed by atoms with E-state index in [1.54, 1.807) is 12.1 Å². The van der Waals surface area contributed by atoms with Crippen molar-refractivity contribution in [2.75, 3.05) is 18.5 Å². The molecule has 3 aromatic rings. The average molecular weight is 561 g/mol. The largest absolute Gasteiger partial charge is 0.493 e. The minimum Gasteiger partial charge on any atom is -0.493 e. The van der Waals surface area contributed by atoms with Crippen LogP contribution < -0.4 is 10.1 Å². The number of halogens is 1. The molecular formula is C33H37ClN2O4. The van der Waals surface area contributed by atoms with E-state index in [0.717, 1.165) is 62.1 Å². The van der Waals surface area contributed by atoms with Gasteiger partial charge in [0.25, 0.3) is 0 Å². The zero-order valence-electron chi connectivity index (χ0n) is 22.7. The molecular weight excluding hydrogens is 524 g/mol. The topological polar surface area (TPSA) is 91.7 Å². The summed E-state index contributed by atoms with van der Waals surface area (Å²) in [6.07, 6.45) is 9.28. The number of aryl methyl sites for hydroxylation is 1. The molecule has 7 heteroatoms. The second-order valence-electron chi connectivity index (χ2n) is 11.9. The maximum Gasteiger partial charge on any atom is 0.329 e. The molecule has 0 amide bonds. The molecule has 1 unspecified atom stereocenters. The molecule has 0 radical (unpaired) electrons. The Morgan fingerprint density at radius 1 is 1.10 bits per heavy atom. The number of fused-ring (bicyclic) bond motifs is 3. The summed E-state index contributed by atoms with van der Waals surface area (Å²) < 4.78 is 6.31. The Labute approximate surface area is 240 Å². The van der Waals surface area contributed by atoms with E-state index < -0.39 is 11.5 Å². The summed E-state index contributed by atoms with van der Waals surface area (Å²) in [7, 11) is 0. The molecule has 2 aromatic carbocycles. The first-order chi connectivity index (χ1) is 19.4. The minimum atomic E-state index is -1.04. The number of rotatable bonds is 9. The highest BCUT2D eigenvalue weighted by Crippen LogP contribution is 2.56. The molecule has 3 aliphatic carbocycles. The van der Waals surface area contributed by atoms with Crippen LogP contribution in [0.25, 0.3) is 0 Å². The van der Waals surface area contributed by atoms with Crippen LogP contribution in [0.1, 0.15) is 60.9 Å². The smallest absolute Gasteiger partial charge is 0.329 e. The predicted molar refractivity (Wildman–Crippen MR) is 156 cm³/mol. The van der Waals surface area contributed by atoms with Crippen molar-refractivity contribution in [2.24, 2.45) is 11.8 Å². The van der Waals surface area contributed by atoms with Crippen LogP contribution in [0.2, 0.25) is 5.02 Å². The van der Waals surface area contributed by atoms with Crippen molar-refractivity contribution in [1.29, 1.82) is 0 Å². The van der Waals surface area contributed by atoms with Gasteiger partial charge in [-0.25, -0.2) is 4.79 Å². The first kappa shape index (κ1) is 27.1. The highest BCUT2D eigenvalue weighted by atomic mass is 35.5. The lowest BCUT2D eigenvalue weighted by Crippen LogP contribution is -2.53. The van der Waals surface area contributed by atoms with Gasteiger partial charge in [-0.1, -0.05) is 41.9 Å². The van der Waals surface area contributed by atoms with Gasteiger partial charge in [-0.2, -0.15) is 0 Å². The minimum absolute atomic E-state index is 0.00264. The molecule has 3 N–H and O–H groups in total. The van der Waals surface area contributed by atoms with Crippen LogP contribution in [0.3, 0.4) is 0 Å². The highest BCUT2D eigenvalue weighted by molar-refractivity contribution is 6.30. The standard InChI is InChI=1S/C33H37ClN2O4/c34-25-6-3-7-26(19-25)36-33(31(38)39)14-12-32(13-15-33)24(18-23-5-1-2-9-28(23)32)17-22(20-37)21-40-30-11-16-35-29-10-4-8-27(29)30/h1-3,5-7,9,11,16,19,22,24,36-37H,4,8,10,12-15,17-18,20-21H2,(H,38,39)/t22?,24-,32?,33?/m1/s1. The maximum atomic E-state index is 12.7. The number of anilines is 1. The van der Waals surface area contributed by atoms with Crippen LogP contribution in [-0.2, 0) is 29.5 Å². The van der Waals surface area contributed by atoms with Crippen molar-refractivity contribution >= 4 is 23.3 Å². The molecule has 0 bridgehead atoms. The number of pyridine rings is 1. The van der Waals surface area contributed by atoms with Crippen LogP contribution in [-0.4, -0.2) is 39.9 Å². The Balaban J connectivity index is 1.21. The van der Waals surface area contributed by atoms with Crippen LogP contribution in [0.4, 0.5) is 5.69 Å². The maximum absolute atomic E-state index is 12.7. The van der Waals surface area contributed by atoms with E-state index >= 15 is 0 Å². The molecule has 1 saturated carbocycles. The number of carboxylic acid groups (broad SMARTS) is 1. The number of carbonyl (C=O) groups is 1. The summed E-state index contributed by atoms with van der Waals surface area (Å²) >= 11 is 6.19. The monoisotopic (exact) mass is 560 g/mol. The average Bonchev–Trinajstić information content (AvgIpc) is 3.56. The summed E-state index contributed by atoms with van der Waals surface area (Å²) in [5.41, 5.74) is 4.63. The number of aliphatic hydroxyl groups excluding tert-OH is 1. The lowest BCUT2D eigenvalue weighted by atomic mass is 9.59. The number of nitrogens with zero attached hydrogens (tertiary/aromatic N) is 1. The second-order valence-corrected chi connectivity index (χ2v) is 12.4. The number of hydrogen-bond acceptors (Lipinski definition) is 5. The molecule has 3 aliphatic rings. The molecule has 0 aliphatic heterocycles. The zero-order chi connectivity index (χ0) is 27.7. The molecule has 210 valence electrons. The number of carboxylic acids is 1. The fourth-order valence-electron chi connectivity index (χ4n) is 7.58. The summed E-state index contributed by atoms with van der Waals surface area (Å²) in [5.74, 6) is 0.391. The van der Waals surface area contributed by atoms with Crippen molar-refractivity contribution in [3.8, 4) is 5.75 Å². The zero-order valence-corrected chi connectivity index (χ0v) is 23.5. The number of benzene rings is 2.